The molecule has 0 saturated carbocycles. The van der Waals surface area contributed by atoms with Gasteiger partial charge >= 0.3 is 0 Å². The SMILES string of the molecule is CN(C)CCCNc1ncns1. The second-order valence-corrected chi connectivity index (χ2v) is 3.61. The standard InChI is InChI=1S/C7H14N4S/c1-11(2)5-3-4-8-7-9-6-10-12-7/h6H,3-5H2,1-2H3,(H,8,9,10). The summed E-state index contributed by atoms with van der Waals surface area (Å²) in [6.07, 6.45) is 2.70. The van der Waals surface area contributed by atoms with Crippen LogP contribution in [0.4, 0.5) is 5.13 Å². The first-order valence-electron chi connectivity index (χ1n) is 3.94. The third-order valence-electron chi connectivity index (χ3n) is 1.42. The minimum atomic E-state index is 0.911. The summed E-state index contributed by atoms with van der Waals surface area (Å²) in [6, 6.07) is 0. The van der Waals surface area contributed by atoms with E-state index in [1.807, 2.05) is 0 Å². The molecule has 1 aromatic rings. The van der Waals surface area contributed by atoms with Crippen molar-refractivity contribution in [3.63, 3.8) is 0 Å². The topological polar surface area (TPSA) is 41.0 Å². The maximum atomic E-state index is 4.02. The highest BCUT2D eigenvalue weighted by Gasteiger charge is 1.94. The fourth-order valence-electron chi connectivity index (χ4n) is 0.842. The van der Waals surface area contributed by atoms with E-state index in [2.05, 4.69) is 33.7 Å². The maximum absolute atomic E-state index is 4.02. The van der Waals surface area contributed by atoms with Crippen molar-refractivity contribution in [3.8, 4) is 0 Å². The van der Waals surface area contributed by atoms with Crippen LogP contribution < -0.4 is 5.32 Å². The van der Waals surface area contributed by atoms with Crippen LogP contribution in [0.25, 0.3) is 0 Å². The van der Waals surface area contributed by atoms with Crippen molar-refractivity contribution in [1.82, 2.24) is 14.3 Å². The monoisotopic (exact) mass is 186 g/mol. The largest absolute Gasteiger partial charge is 0.360 e. The molecule has 0 unspecified atom stereocenters. The van der Waals surface area contributed by atoms with Gasteiger partial charge in [-0.1, -0.05) is 0 Å². The zero-order chi connectivity index (χ0) is 8.81. The molecular weight excluding hydrogens is 172 g/mol. The number of hydrogen-bond acceptors (Lipinski definition) is 5. The normalized spacial score (nSPS) is 10.6. The van der Waals surface area contributed by atoms with E-state index in [0.717, 1.165) is 24.6 Å². The average molecular weight is 186 g/mol. The van der Waals surface area contributed by atoms with Crippen LogP contribution in [0, 0.1) is 0 Å². The fourth-order valence-corrected chi connectivity index (χ4v) is 1.30. The Morgan fingerprint density at radius 3 is 3.00 bits per heavy atom. The van der Waals surface area contributed by atoms with Gasteiger partial charge in [0.15, 0.2) is 0 Å². The Bertz CT molecular complexity index is 197. The second kappa shape index (κ2) is 5.05. The van der Waals surface area contributed by atoms with Gasteiger partial charge in [-0.2, -0.15) is 4.37 Å². The van der Waals surface area contributed by atoms with E-state index in [0.29, 0.717) is 0 Å². The lowest BCUT2D eigenvalue weighted by Gasteiger charge is -2.08. The highest BCUT2D eigenvalue weighted by atomic mass is 32.1. The predicted molar refractivity (Wildman–Crippen MR) is 51.6 cm³/mol. The summed E-state index contributed by atoms with van der Waals surface area (Å²) in [5.74, 6) is 0. The van der Waals surface area contributed by atoms with Gasteiger partial charge in [0, 0.05) is 18.1 Å². The molecule has 1 heterocycles. The summed E-state index contributed by atoms with van der Waals surface area (Å²) >= 11 is 1.40. The van der Waals surface area contributed by atoms with Crippen molar-refractivity contribution in [1.29, 1.82) is 0 Å². The molecule has 0 aliphatic heterocycles. The van der Waals surface area contributed by atoms with Crippen molar-refractivity contribution < 1.29 is 0 Å². The molecule has 5 heteroatoms. The predicted octanol–water partition coefficient (Wildman–Crippen LogP) is 0.902. The Morgan fingerprint density at radius 1 is 1.58 bits per heavy atom. The van der Waals surface area contributed by atoms with Gasteiger partial charge in [0.1, 0.15) is 6.33 Å². The van der Waals surface area contributed by atoms with Crippen LogP contribution in [0.15, 0.2) is 6.33 Å². The summed E-state index contributed by atoms with van der Waals surface area (Å²) < 4.78 is 3.89. The third-order valence-corrected chi connectivity index (χ3v) is 2.04. The van der Waals surface area contributed by atoms with Gasteiger partial charge in [-0.25, -0.2) is 4.98 Å². The molecule has 0 aromatic carbocycles. The molecule has 0 aliphatic carbocycles. The minimum Gasteiger partial charge on any atom is -0.360 e. The first-order chi connectivity index (χ1) is 5.79. The van der Waals surface area contributed by atoms with Crippen LogP contribution in [0.2, 0.25) is 0 Å². The lowest BCUT2D eigenvalue weighted by atomic mass is 10.4. The number of hydrogen-bond donors (Lipinski definition) is 1. The lowest BCUT2D eigenvalue weighted by molar-refractivity contribution is 0.405. The van der Waals surface area contributed by atoms with Crippen LogP contribution in [-0.2, 0) is 0 Å². The Balaban J connectivity index is 2.04. The van der Waals surface area contributed by atoms with Gasteiger partial charge in [-0.15, -0.1) is 0 Å². The Labute approximate surface area is 76.8 Å². The van der Waals surface area contributed by atoms with Crippen LogP contribution in [0.3, 0.4) is 0 Å². The van der Waals surface area contributed by atoms with Gasteiger partial charge in [0.25, 0.3) is 0 Å². The summed E-state index contributed by atoms with van der Waals surface area (Å²) in [5, 5.41) is 4.11. The van der Waals surface area contributed by atoms with Gasteiger partial charge in [-0.05, 0) is 27.1 Å². The number of nitrogens with one attached hydrogen (secondary N) is 1. The van der Waals surface area contributed by atoms with Gasteiger partial charge in [0.2, 0.25) is 5.13 Å². The van der Waals surface area contributed by atoms with Gasteiger partial charge in [-0.3, -0.25) is 0 Å². The Kier molecular flexibility index (Phi) is 3.96. The molecule has 1 N–H and O–H groups in total. The van der Waals surface area contributed by atoms with E-state index >= 15 is 0 Å². The number of rotatable bonds is 5. The van der Waals surface area contributed by atoms with E-state index in [4.69, 9.17) is 0 Å². The van der Waals surface area contributed by atoms with E-state index < -0.39 is 0 Å². The fraction of sp³-hybridized carbons (Fsp3) is 0.714. The third kappa shape index (κ3) is 3.64. The number of nitrogens with zero attached hydrogens (tertiary/aromatic N) is 3. The maximum Gasteiger partial charge on any atom is 0.202 e. The van der Waals surface area contributed by atoms with E-state index in [1.165, 1.54) is 11.5 Å². The van der Waals surface area contributed by atoms with E-state index in [9.17, 15) is 0 Å². The Morgan fingerprint density at radius 2 is 2.42 bits per heavy atom. The molecule has 0 spiro atoms. The van der Waals surface area contributed by atoms with Crippen molar-refractivity contribution >= 4 is 16.7 Å². The molecule has 0 amide bonds. The quantitative estimate of drug-likeness (QED) is 0.694. The molecule has 0 bridgehead atoms. The van der Waals surface area contributed by atoms with Crippen molar-refractivity contribution in [2.75, 3.05) is 32.5 Å². The number of anilines is 1. The summed E-state index contributed by atoms with van der Waals surface area (Å²) in [5.41, 5.74) is 0. The Hall–Kier alpha value is -0.680. The van der Waals surface area contributed by atoms with Crippen LogP contribution in [0.1, 0.15) is 6.42 Å². The van der Waals surface area contributed by atoms with Crippen LogP contribution in [0.5, 0.6) is 0 Å². The molecule has 1 aromatic heterocycles. The van der Waals surface area contributed by atoms with Crippen LogP contribution >= 0.6 is 11.5 Å². The molecule has 0 atom stereocenters. The molecule has 0 aliphatic rings. The molecule has 12 heavy (non-hydrogen) atoms. The highest BCUT2D eigenvalue weighted by Crippen LogP contribution is 2.05. The minimum absolute atomic E-state index is 0.911. The van der Waals surface area contributed by atoms with Gasteiger partial charge < -0.3 is 10.2 Å². The highest BCUT2D eigenvalue weighted by molar-refractivity contribution is 7.09. The zero-order valence-corrected chi connectivity index (χ0v) is 8.27. The number of aromatic nitrogens is 2. The smallest absolute Gasteiger partial charge is 0.202 e. The van der Waals surface area contributed by atoms with E-state index in [1.54, 1.807) is 6.33 Å². The van der Waals surface area contributed by atoms with Crippen molar-refractivity contribution in [2.24, 2.45) is 0 Å². The molecular formula is C7H14N4S. The molecule has 0 fully saturated rings. The van der Waals surface area contributed by atoms with Gasteiger partial charge in [0.05, 0.1) is 0 Å². The van der Waals surface area contributed by atoms with Crippen molar-refractivity contribution in [2.45, 2.75) is 6.42 Å². The molecule has 0 saturated heterocycles. The first kappa shape index (κ1) is 9.41. The van der Waals surface area contributed by atoms with Crippen LogP contribution in [-0.4, -0.2) is 41.4 Å². The lowest BCUT2D eigenvalue weighted by Crippen LogP contribution is -2.16. The van der Waals surface area contributed by atoms with E-state index in [-0.39, 0.29) is 0 Å². The molecule has 4 nitrogen and oxygen atoms in total. The second-order valence-electron chi connectivity index (χ2n) is 2.83. The first-order valence-corrected chi connectivity index (χ1v) is 4.71. The molecule has 1 rings (SSSR count). The zero-order valence-electron chi connectivity index (χ0n) is 7.45. The summed E-state index contributed by atoms with van der Waals surface area (Å²) in [6.45, 7) is 2.07. The molecule has 68 valence electrons. The molecule has 0 radical (unpaired) electrons. The van der Waals surface area contributed by atoms with Crippen molar-refractivity contribution in [3.05, 3.63) is 6.33 Å². The average Bonchev–Trinajstić information content (AvgIpc) is 2.49. The summed E-state index contributed by atoms with van der Waals surface area (Å²) in [7, 11) is 4.15. The summed E-state index contributed by atoms with van der Waals surface area (Å²) in [4.78, 5) is 6.18.